The van der Waals surface area contributed by atoms with Crippen LogP contribution in [-0.2, 0) is 15.6 Å². The Morgan fingerprint density at radius 2 is 1.31 bits per heavy atom. The van der Waals surface area contributed by atoms with Crippen LogP contribution in [0.15, 0.2) is 106 Å². The highest BCUT2D eigenvalue weighted by Crippen LogP contribution is 2.31. The second kappa shape index (κ2) is 7.89. The summed E-state index contributed by atoms with van der Waals surface area (Å²) in [7, 11) is -3.59. The first kappa shape index (κ1) is 18.9. The van der Waals surface area contributed by atoms with E-state index in [0.29, 0.717) is 16.9 Å². The lowest BCUT2D eigenvalue weighted by molar-refractivity contribution is 0.103. The molecule has 0 saturated carbocycles. The first-order valence-corrected chi connectivity index (χ1v) is 10.8. The van der Waals surface area contributed by atoms with Crippen LogP contribution in [0.2, 0.25) is 0 Å². The van der Waals surface area contributed by atoms with Gasteiger partial charge in [-0.15, -0.1) is 0 Å². The average Bonchev–Trinajstić information content (AvgIpc) is 3.18. The fraction of sp³-hybridized carbons (Fsp3) is 0.0417. The van der Waals surface area contributed by atoms with Crippen molar-refractivity contribution in [2.24, 2.45) is 0 Å². The van der Waals surface area contributed by atoms with E-state index in [0.717, 1.165) is 5.56 Å². The lowest BCUT2D eigenvalue weighted by atomic mass is 10.0. The summed E-state index contributed by atoms with van der Waals surface area (Å²) in [4.78, 5) is 13.3. The molecular formula is C24H18O4S. The van der Waals surface area contributed by atoms with Crippen molar-refractivity contribution >= 4 is 15.6 Å². The van der Waals surface area contributed by atoms with Crippen LogP contribution in [0.4, 0.5) is 0 Å². The monoisotopic (exact) mass is 402 g/mol. The normalized spacial score (nSPS) is 11.3. The molecule has 29 heavy (non-hydrogen) atoms. The standard InChI is InChI=1S/C24H18O4S/c25-23(18-10-4-1-5-11-18)22-16-20(28-24(22)19-12-6-2-7-13-19)17-29(26,27)21-14-8-3-9-15-21/h1-16H,17H2. The van der Waals surface area contributed by atoms with Crippen LogP contribution in [0.5, 0.6) is 0 Å². The number of benzene rings is 3. The minimum Gasteiger partial charge on any atom is -0.459 e. The smallest absolute Gasteiger partial charge is 0.196 e. The molecule has 4 nitrogen and oxygen atoms in total. The summed E-state index contributed by atoms with van der Waals surface area (Å²) in [6, 6.07) is 27.8. The van der Waals surface area contributed by atoms with Gasteiger partial charge in [-0.25, -0.2) is 8.42 Å². The van der Waals surface area contributed by atoms with Crippen molar-refractivity contribution in [3.05, 3.63) is 114 Å². The summed E-state index contributed by atoms with van der Waals surface area (Å²) >= 11 is 0. The number of sulfone groups is 1. The number of furan rings is 1. The van der Waals surface area contributed by atoms with Crippen molar-refractivity contribution in [1.29, 1.82) is 0 Å². The summed E-state index contributed by atoms with van der Waals surface area (Å²) in [5, 5.41) is 0. The molecule has 1 heterocycles. The fourth-order valence-corrected chi connectivity index (χ4v) is 4.38. The molecule has 0 aliphatic rings. The number of hydrogen-bond donors (Lipinski definition) is 0. The predicted octanol–water partition coefficient (Wildman–Crippen LogP) is 5.15. The summed E-state index contributed by atoms with van der Waals surface area (Å²) < 4.78 is 31.4. The first-order valence-electron chi connectivity index (χ1n) is 9.10. The van der Waals surface area contributed by atoms with Gasteiger partial charge in [0.05, 0.1) is 10.5 Å². The predicted molar refractivity (Wildman–Crippen MR) is 111 cm³/mol. The summed E-state index contributed by atoms with van der Waals surface area (Å²) in [5.41, 5.74) is 1.58. The van der Waals surface area contributed by atoms with E-state index in [1.54, 1.807) is 54.6 Å². The maximum absolute atomic E-state index is 13.1. The van der Waals surface area contributed by atoms with E-state index >= 15 is 0 Å². The van der Waals surface area contributed by atoms with Crippen molar-refractivity contribution < 1.29 is 17.6 Å². The van der Waals surface area contributed by atoms with Gasteiger partial charge in [-0.1, -0.05) is 78.9 Å². The molecule has 0 atom stereocenters. The molecule has 0 amide bonds. The van der Waals surface area contributed by atoms with E-state index < -0.39 is 9.84 Å². The highest BCUT2D eigenvalue weighted by molar-refractivity contribution is 7.90. The second-order valence-electron chi connectivity index (χ2n) is 6.59. The topological polar surface area (TPSA) is 64.3 Å². The molecule has 0 unspecified atom stereocenters. The third-order valence-corrected chi connectivity index (χ3v) is 6.19. The summed E-state index contributed by atoms with van der Waals surface area (Å²) in [5.74, 6) is 0.0695. The molecule has 0 radical (unpaired) electrons. The molecular weight excluding hydrogens is 384 g/mol. The van der Waals surface area contributed by atoms with Crippen LogP contribution < -0.4 is 0 Å². The molecule has 0 aliphatic heterocycles. The summed E-state index contributed by atoms with van der Waals surface area (Å²) in [6.07, 6.45) is 0. The van der Waals surface area contributed by atoms with Gasteiger partial charge in [-0.05, 0) is 18.2 Å². The Bertz CT molecular complexity index is 1230. The molecule has 0 aliphatic carbocycles. The lowest BCUT2D eigenvalue weighted by Crippen LogP contribution is -2.04. The Hall–Kier alpha value is -3.44. The third kappa shape index (κ3) is 4.05. The van der Waals surface area contributed by atoms with Crippen molar-refractivity contribution in [3.8, 4) is 11.3 Å². The Morgan fingerprint density at radius 1 is 0.759 bits per heavy atom. The zero-order valence-electron chi connectivity index (χ0n) is 15.5. The van der Waals surface area contributed by atoms with Crippen molar-refractivity contribution in [1.82, 2.24) is 0 Å². The van der Waals surface area contributed by atoms with Gasteiger partial charge < -0.3 is 4.42 Å². The number of carbonyl (C=O) groups is 1. The molecule has 0 bridgehead atoms. The number of rotatable bonds is 6. The average molecular weight is 402 g/mol. The van der Waals surface area contributed by atoms with Gasteiger partial charge in [0.2, 0.25) is 0 Å². The van der Waals surface area contributed by atoms with Gasteiger partial charge in [0.1, 0.15) is 17.3 Å². The van der Waals surface area contributed by atoms with E-state index in [9.17, 15) is 13.2 Å². The van der Waals surface area contributed by atoms with E-state index in [2.05, 4.69) is 0 Å². The van der Waals surface area contributed by atoms with Crippen molar-refractivity contribution in [2.75, 3.05) is 0 Å². The Labute approximate surface area is 169 Å². The number of hydrogen-bond acceptors (Lipinski definition) is 4. The minimum absolute atomic E-state index is 0.212. The largest absolute Gasteiger partial charge is 0.459 e. The lowest BCUT2D eigenvalue weighted by Gasteiger charge is -2.03. The first-order chi connectivity index (χ1) is 14.0. The van der Waals surface area contributed by atoms with E-state index in [4.69, 9.17) is 4.42 Å². The molecule has 4 aromatic rings. The van der Waals surface area contributed by atoms with Gasteiger partial charge in [0.15, 0.2) is 15.6 Å². The Balaban J connectivity index is 1.77. The highest BCUT2D eigenvalue weighted by Gasteiger charge is 2.24. The van der Waals surface area contributed by atoms with Crippen molar-refractivity contribution in [3.63, 3.8) is 0 Å². The second-order valence-corrected chi connectivity index (χ2v) is 8.58. The van der Waals surface area contributed by atoms with Gasteiger partial charge in [0, 0.05) is 11.1 Å². The third-order valence-electron chi connectivity index (χ3n) is 4.53. The molecule has 0 fully saturated rings. The summed E-state index contributed by atoms with van der Waals surface area (Å²) in [6.45, 7) is 0. The van der Waals surface area contributed by atoms with Crippen LogP contribution in [0.3, 0.4) is 0 Å². The zero-order valence-corrected chi connectivity index (χ0v) is 16.3. The maximum atomic E-state index is 13.1. The van der Waals surface area contributed by atoms with Crippen LogP contribution in [-0.4, -0.2) is 14.2 Å². The fourth-order valence-electron chi connectivity index (χ4n) is 3.13. The Morgan fingerprint density at radius 3 is 1.93 bits per heavy atom. The van der Waals surface area contributed by atoms with Crippen molar-refractivity contribution in [2.45, 2.75) is 10.6 Å². The Kier molecular flexibility index (Phi) is 5.14. The molecule has 0 saturated heterocycles. The molecule has 5 heteroatoms. The molecule has 4 rings (SSSR count). The van der Waals surface area contributed by atoms with Gasteiger partial charge >= 0.3 is 0 Å². The van der Waals surface area contributed by atoms with Crippen LogP contribution in [0.1, 0.15) is 21.7 Å². The van der Waals surface area contributed by atoms with Gasteiger partial charge in [0.25, 0.3) is 0 Å². The molecule has 144 valence electrons. The number of ketones is 1. The quantitative estimate of drug-likeness (QED) is 0.418. The molecule has 3 aromatic carbocycles. The molecule has 0 spiro atoms. The van der Waals surface area contributed by atoms with E-state index in [1.807, 2.05) is 36.4 Å². The SMILES string of the molecule is O=C(c1ccccc1)c1cc(CS(=O)(=O)c2ccccc2)oc1-c1ccccc1. The van der Waals surface area contributed by atoms with Crippen LogP contribution >= 0.6 is 0 Å². The van der Waals surface area contributed by atoms with E-state index in [1.165, 1.54) is 6.07 Å². The zero-order chi connectivity index (χ0) is 20.3. The van der Waals surface area contributed by atoms with Gasteiger partial charge in [-0.2, -0.15) is 0 Å². The number of carbonyl (C=O) groups excluding carboxylic acids is 1. The highest BCUT2D eigenvalue weighted by atomic mass is 32.2. The molecule has 1 aromatic heterocycles. The van der Waals surface area contributed by atoms with Gasteiger partial charge in [-0.3, -0.25) is 4.79 Å². The van der Waals surface area contributed by atoms with Crippen LogP contribution in [0, 0.1) is 0 Å². The van der Waals surface area contributed by atoms with E-state index in [-0.39, 0.29) is 22.2 Å². The maximum Gasteiger partial charge on any atom is 0.196 e. The molecule has 0 N–H and O–H groups in total. The van der Waals surface area contributed by atoms with Crippen LogP contribution in [0.25, 0.3) is 11.3 Å². The minimum atomic E-state index is -3.59.